The molecule has 1 aliphatic rings. The van der Waals surface area contributed by atoms with Crippen molar-refractivity contribution < 1.29 is 9.90 Å². The predicted molar refractivity (Wildman–Crippen MR) is 72.3 cm³/mol. The molecular formula is C14H20N2O2. The van der Waals surface area contributed by atoms with Crippen molar-refractivity contribution in [1.29, 1.82) is 0 Å². The number of carboxylic acids is 1. The number of anilines is 1. The van der Waals surface area contributed by atoms with Gasteiger partial charge >= 0.3 is 5.97 Å². The van der Waals surface area contributed by atoms with E-state index >= 15 is 0 Å². The average Bonchev–Trinajstić information content (AvgIpc) is 2.38. The molecule has 1 aromatic rings. The van der Waals surface area contributed by atoms with Crippen LogP contribution in [0.2, 0.25) is 0 Å². The summed E-state index contributed by atoms with van der Waals surface area (Å²) in [6.45, 7) is 3.92. The Labute approximate surface area is 107 Å². The summed E-state index contributed by atoms with van der Waals surface area (Å²) in [6.07, 6.45) is 3.71. The fourth-order valence-corrected chi connectivity index (χ4v) is 2.28. The Kier molecular flexibility index (Phi) is 4.20. The largest absolute Gasteiger partial charge is 0.478 e. The summed E-state index contributed by atoms with van der Waals surface area (Å²) in [5.41, 5.74) is 2.33. The average molecular weight is 248 g/mol. The molecule has 0 aromatic heterocycles. The normalized spacial score (nSPS) is 19.5. The van der Waals surface area contributed by atoms with E-state index in [4.69, 9.17) is 5.11 Å². The quantitative estimate of drug-likeness (QED) is 0.765. The van der Waals surface area contributed by atoms with Crippen molar-refractivity contribution in [2.75, 3.05) is 18.4 Å². The number of rotatable bonds is 4. The van der Waals surface area contributed by atoms with Crippen molar-refractivity contribution >= 4 is 11.7 Å². The van der Waals surface area contributed by atoms with Crippen molar-refractivity contribution in [3.63, 3.8) is 0 Å². The summed E-state index contributed by atoms with van der Waals surface area (Å²) in [7, 11) is 0. The van der Waals surface area contributed by atoms with E-state index in [1.54, 1.807) is 12.1 Å². The molecule has 1 aromatic carbocycles. The third-order valence-electron chi connectivity index (χ3n) is 3.44. The lowest BCUT2D eigenvalue weighted by molar-refractivity contribution is 0.0697. The second-order valence-corrected chi connectivity index (χ2v) is 4.86. The smallest absolute Gasteiger partial charge is 0.335 e. The first-order valence-electron chi connectivity index (χ1n) is 6.48. The fourth-order valence-electron chi connectivity index (χ4n) is 2.28. The lowest BCUT2D eigenvalue weighted by Gasteiger charge is -2.24. The zero-order valence-electron chi connectivity index (χ0n) is 10.7. The number of nitrogens with one attached hydrogen (secondary N) is 2. The Bertz CT molecular complexity index is 426. The summed E-state index contributed by atoms with van der Waals surface area (Å²) in [4.78, 5) is 10.9. The molecule has 3 N–H and O–H groups in total. The number of carbonyl (C=O) groups is 1. The van der Waals surface area contributed by atoms with Gasteiger partial charge in [-0.3, -0.25) is 0 Å². The highest BCUT2D eigenvalue weighted by Gasteiger charge is 2.13. The minimum absolute atomic E-state index is 0.333. The molecule has 0 radical (unpaired) electrons. The van der Waals surface area contributed by atoms with E-state index in [-0.39, 0.29) is 0 Å². The van der Waals surface area contributed by atoms with E-state index in [9.17, 15) is 4.79 Å². The van der Waals surface area contributed by atoms with Gasteiger partial charge in [0.1, 0.15) is 0 Å². The number of hydrogen-bond acceptors (Lipinski definition) is 3. The Balaban J connectivity index is 1.99. The van der Waals surface area contributed by atoms with E-state index in [1.165, 1.54) is 19.3 Å². The summed E-state index contributed by atoms with van der Waals surface area (Å²) in [6, 6.07) is 5.69. The lowest BCUT2D eigenvalue weighted by atomic mass is 10.0. The highest BCUT2D eigenvalue weighted by atomic mass is 16.4. The van der Waals surface area contributed by atoms with E-state index in [2.05, 4.69) is 10.6 Å². The van der Waals surface area contributed by atoms with Gasteiger partial charge in [-0.1, -0.05) is 12.5 Å². The van der Waals surface area contributed by atoms with Crippen LogP contribution >= 0.6 is 0 Å². The molecule has 4 nitrogen and oxygen atoms in total. The van der Waals surface area contributed by atoms with E-state index < -0.39 is 5.97 Å². The van der Waals surface area contributed by atoms with Crippen LogP contribution in [0.1, 0.15) is 35.2 Å². The highest BCUT2D eigenvalue weighted by Crippen LogP contribution is 2.17. The number of aryl methyl sites for hydroxylation is 1. The van der Waals surface area contributed by atoms with Crippen LogP contribution in [0, 0.1) is 6.92 Å². The molecule has 0 aliphatic carbocycles. The zero-order valence-corrected chi connectivity index (χ0v) is 10.7. The van der Waals surface area contributed by atoms with Gasteiger partial charge in [0.2, 0.25) is 0 Å². The van der Waals surface area contributed by atoms with Gasteiger partial charge in [0.05, 0.1) is 5.56 Å². The molecule has 2 rings (SSSR count). The van der Waals surface area contributed by atoms with Crippen LogP contribution < -0.4 is 10.6 Å². The summed E-state index contributed by atoms with van der Waals surface area (Å²) < 4.78 is 0. The van der Waals surface area contributed by atoms with Crippen LogP contribution in [0.25, 0.3) is 0 Å². The highest BCUT2D eigenvalue weighted by molar-refractivity contribution is 5.89. The molecule has 1 fully saturated rings. The van der Waals surface area contributed by atoms with Crippen LogP contribution in [0.3, 0.4) is 0 Å². The molecule has 0 spiro atoms. The maximum atomic E-state index is 10.9. The number of aromatic carboxylic acids is 1. The summed E-state index contributed by atoms with van der Waals surface area (Å²) in [5.74, 6) is -0.881. The van der Waals surface area contributed by atoms with E-state index in [0.717, 1.165) is 24.3 Å². The number of piperidine rings is 1. The van der Waals surface area contributed by atoms with Crippen molar-refractivity contribution in [2.24, 2.45) is 0 Å². The van der Waals surface area contributed by atoms with Crippen molar-refractivity contribution in [3.8, 4) is 0 Å². The lowest BCUT2D eigenvalue weighted by Crippen LogP contribution is -2.39. The third-order valence-corrected chi connectivity index (χ3v) is 3.44. The molecule has 18 heavy (non-hydrogen) atoms. The Morgan fingerprint density at radius 3 is 3.00 bits per heavy atom. The van der Waals surface area contributed by atoms with E-state index in [0.29, 0.717) is 11.6 Å². The first-order valence-corrected chi connectivity index (χ1v) is 6.48. The third kappa shape index (κ3) is 3.23. The maximum absolute atomic E-state index is 10.9. The van der Waals surface area contributed by atoms with Gasteiger partial charge in [-0.05, 0) is 44.0 Å². The van der Waals surface area contributed by atoms with Crippen molar-refractivity contribution in [3.05, 3.63) is 29.3 Å². The number of hydrogen-bond donors (Lipinski definition) is 3. The van der Waals surface area contributed by atoms with Crippen molar-refractivity contribution in [2.45, 2.75) is 32.2 Å². The number of carboxylic acid groups (broad SMARTS) is 1. The number of benzene rings is 1. The Morgan fingerprint density at radius 1 is 1.50 bits per heavy atom. The zero-order chi connectivity index (χ0) is 13.0. The van der Waals surface area contributed by atoms with Gasteiger partial charge in [-0.2, -0.15) is 0 Å². The first kappa shape index (κ1) is 12.9. The molecule has 0 bridgehead atoms. The first-order chi connectivity index (χ1) is 8.66. The molecule has 4 heteroatoms. The molecule has 1 saturated heterocycles. The monoisotopic (exact) mass is 248 g/mol. The van der Waals surface area contributed by atoms with Crippen LogP contribution in [0.4, 0.5) is 5.69 Å². The molecule has 98 valence electrons. The summed E-state index contributed by atoms with van der Waals surface area (Å²) >= 11 is 0. The Hall–Kier alpha value is -1.55. The summed E-state index contributed by atoms with van der Waals surface area (Å²) in [5, 5.41) is 15.8. The van der Waals surface area contributed by atoms with Gasteiger partial charge in [-0.25, -0.2) is 4.79 Å². The molecule has 1 heterocycles. The molecule has 0 saturated carbocycles. The topological polar surface area (TPSA) is 61.4 Å². The van der Waals surface area contributed by atoms with Gasteiger partial charge in [-0.15, -0.1) is 0 Å². The molecular weight excluding hydrogens is 228 g/mol. The van der Waals surface area contributed by atoms with Crippen molar-refractivity contribution in [1.82, 2.24) is 5.32 Å². The minimum atomic E-state index is -0.881. The van der Waals surface area contributed by atoms with Crippen LogP contribution in [-0.4, -0.2) is 30.2 Å². The predicted octanol–water partition coefficient (Wildman–Crippen LogP) is 2.25. The molecule has 1 atom stereocenters. The van der Waals surface area contributed by atoms with Crippen LogP contribution in [0.5, 0.6) is 0 Å². The SMILES string of the molecule is Cc1ccc(C(=O)O)cc1NCC1CCCCN1. The van der Waals surface area contributed by atoms with Crippen LogP contribution in [-0.2, 0) is 0 Å². The second-order valence-electron chi connectivity index (χ2n) is 4.86. The maximum Gasteiger partial charge on any atom is 0.335 e. The fraction of sp³-hybridized carbons (Fsp3) is 0.500. The van der Waals surface area contributed by atoms with Gasteiger partial charge in [0, 0.05) is 18.3 Å². The Morgan fingerprint density at radius 2 is 2.33 bits per heavy atom. The molecule has 0 amide bonds. The van der Waals surface area contributed by atoms with Gasteiger partial charge in [0.15, 0.2) is 0 Å². The molecule has 1 unspecified atom stereocenters. The van der Waals surface area contributed by atoms with E-state index in [1.807, 2.05) is 13.0 Å². The van der Waals surface area contributed by atoms with Gasteiger partial charge < -0.3 is 15.7 Å². The minimum Gasteiger partial charge on any atom is -0.478 e. The second kappa shape index (κ2) is 5.87. The molecule has 1 aliphatic heterocycles. The van der Waals surface area contributed by atoms with Crippen LogP contribution in [0.15, 0.2) is 18.2 Å². The van der Waals surface area contributed by atoms with Gasteiger partial charge in [0.25, 0.3) is 0 Å². The standard InChI is InChI=1S/C14H20N2O2/c1-10-5-6-11(14(17)18)8-13(10)16-9-12-4-2-3-7-15-12/h5-6,8,12,15-16H,2-4,7,9H2,1H3,(H,17,18).